The van der Waals surface area contributed by atoms with E-state index in [1.807, 2.05) is 24.3 Å². The fourth-order valence-electron chi connectivity index (χ4n) is 3.42. The van der Waals surface area contributed by atoms with Crippen molar-refractivity contribution in [2.24, 2.45) is 5.92 Å². The highest BCUT2D eigenvalue weighted by molar-refractivity contribution is 5.96. The molecule has 2 aromatic heterocycles. The lowest BCUT2D eigenvalue weighted by Gasteiger charge is -2.31. The van der Waals surface area contributed by atoms with Gasteiger partial charge in [-0.05, 0) is 31.0 Å². The molecule has 8 nitrogen and oxygen atoms in total. The fourth-order valence-corrected chi connectivity index (χ4v) is 3.42. The van der Waals surface area contributed by atoms with Gasteiger partial charge < -0.3 is 9.32 Å². The van der Waals surface area contributed by atoms with E-state index in [4.69, 9.17) is 4.42 Å². The highest BCUT2D eigenvalue weighted by Gasteiger charge is 2.29. The van der Waals surface area contributed by atoms with Crippen LogP contribution >= 0.6 is 0 Å². The molecule has 1 fully saturated rings. The fraction of sp³-hybridized carbons (Fsp3) is 0.238. The third kappa shape index (κ3) is 4.11. The van der Waals surface area contributed by atoms with Crippen molar-refractivity contribution in [2.45, 2.75) is 12.8 Å². The van der Waals surface area contributed by atoms with Crippen LogP contribution in [0.15, 0.2) is 59.4 Å². The third-order valence-electron chi connectivity index (χ3n) is 4.98. The van der Waals surface area contributed by atoms with Gasteiger partial charge in [-0.25, -0.2) is 4.98 Å². The summed E-state index contributed by atoms with van der Waals surface area (Å²) in [4.78, 5) is 43.2. The minimum Gasteiger partial charge on any atom is -0.472 e. The van der Waals surface area contributed by atoms with Gasteiger partial charge in [0, 0.05) is 18.5 Å². The quantitative estimate of drug-likeness (QED) is 0.665. The van der Waals surface area contributed by atoms with E-state index in [0.717, 1.165) is 5.39 Å². The first-order chi connectivity index (χ1) is 14.1. The van der Waals surface area contributed by atoms with Gasteiger partial charge in [0.25, 0.3) is 11.8 Å². The van der Waals surface area contributed by atoms with Crippen LogP contribution in [0.25, 0.3) is 10.9 Å². The van der Waals surface area contributed by atoms with Crippen molar-refractivity contribution in [1.29, 1.82) is 0 Å². The number of fused-ring (bicyclic) bond motifs is 1. The molecule has 148 valence electrons. The Kier molecular flexibility index (Phi) is 5.24. The summed E-state index contributed by atoms with van der Waals surface area (Å²) >= 11 is 0. The van der Waals surface area contributed by atoms with Gasteiger partial charge >= 0.3 is 0 Å². The van der Waals surface area contributed by atoms with Crippen LogP contribution in [0.3, 0.4) is 0 Å². The number of carbonyl (C=O) groups is 3. The number of pyridine rings is 1. The summed E-state index contributed by atoms with van der Waals surface area (Å²) in [6, 6.07) is 12.5. The van der Waals surface area contributed by atoms with Crippen molar-refractivity contribution in [2.75, 3.05) is 13.1 Å². The molecule has 0 saturated carbocycles. The lowest BCUT2D eigenvalue weighted by Crippen LogP contribution is -2.50. The molecule has 0 radical (unpaired) electrons. The zero-order valence-corrected chi connectivity index (χ0v) is 15.6. The van der Waals surface area contributed by atoms with Crippen LogP contribution in [-0.4, -0.2) is 40.7 Å². The number of nitrogens with zero attached hydrogens (tertiary/aromatic N) is 2. The second kappa shape index (κ2) is 8.14. The SMILES string of the molecule is O=C(NNC(=O)[C@@H]1CCCN(C(=O)c2ccoc2)C1)c1ccc2ccccc2n1. The Morgan fingerprint density at radius 1 is 1.07 bits per heavy atom. The second-order valence-corrected chi connectivity index (χ2v) is 6.93. The maximum Gasteiger partial charge on any atom is 0.288 e. The Labute approximate surface area is 166 Å². The predicted octanol–water partition coefficient (Wildman–Crippen LogP) is 2.14. The van der Waals surface area contributed by atoms with Crippen molar-refractivity contribution in [3.05, 3.63) is 66.2 Å². The number of hydrogen-bond acceptors (Lipinski definition) is 5. The molecule has 29 heavy (non-hydrogen) atoms. The van der Waals surface area contributed by atoms with Crippen LogP contribution in [0.2, 0.25) is 0 Å². The van der Waals surface area contributed by atoms with Crippen LogP contribution in [0.5, 0.6) is 0 Å². The molecule has 0 aliphatic carbocycles. The van der Waals surface area contributed by atoms with Gasteiger partial charge in [-0.2, -0.15) is 0 Å². The number of furan rings is 1. The van der Waals surface area contributed by atoms with Crippen molar-refractivity contribution < 1.29 is 18.8 Å². The van der Waals surface area contributed by atoms with E-state index in [2.05, 4.69) is 15.8 Å². The van der Waals surface area contributed by atoms with Gasteiger partial charge in [-0.15, -0.1) is 0 Å². The number of aromatic nitrogens is 1. The van der Waals surface area contributed by atoms with E-state index in [1.54, 1.807) is 23.1 Å². The summed E-state index contributed by atoms with van der Waals surface area (Å²) in [7, 11) is 0. The van der Waals surface area contributed by atoms with Gasteiger partial charge in [0.2, 0.25) is 5.91 Å². The first kappa shape index (κ1) is 18.7. The number of para-hydroxylation sites is 1. The minimum absolute atomic E-state index is 0.166. The maximum absolute atomic E-state index is 12.5. The average molecular weight is 392 g/mol. The summed E-state index contributed by atoms with van der Waals surface area (Å²) < 4.78 is 4.95. The molecule has 1 saturated heterocycles. The number of hydrogen-bond donors (Lipinski definition) is 2. The van der Waals surface area contributed by atoms with Crippen LogP contribution < -0.4 is 10.9 Å². The zero-order valence-electron chi connectivity index (χ0n) is 15.6. The summed E-state index contributed by atoms with van der Waals surface area (Å²) in [5, 5.41) is 0.928. The Morgan fingerprint density at radius 2 is 1.93 bits per heavy atom. The van der Waals surface area contributed by atoms with Gasteiger partial charge in [0.15, 0.2) is 0 Å². The summed E-state index contributed by atoms with van der Waals surface area (Å²) in [6.07, 6.45) is 4.19. The largest absolute Gasteiger partial charge is 0.472 e. The Balaban J connectivity index is 1.34. The molecule has 0 spiro atoms. The van der Waals surface area contributed by atoms with Gasteiger partial charge in [0.1, 0.15) is 12.0 Å². The van der Waals surface area contributed by atoms with Gasteiger partial charge in [-0.1, -0.05) is 24.3 Å². The lowest BCUT2D eigenvalue weighted by molar-refractivity contribution is -0.127. The lowest BCUT2D eigenvalue weighted by atomic mass is 9.97. The number of nitrogens with one attached hydrogen (secondary N) is 2. The second-order valence-electron chi connectivity index (χ2n) is 6.93. The standard InChI is InChI=1S/C21H20N4O4/c26-19(15-5-3-10-25(12-15)21(28)16-9-11-29-13-16)23-24-20(27)18-8-7-14-4-1-2-6-17(14)22-18/h1-2,4,6-9,11,13,15H,3,5,10,12H2,(H,23,26)(H,24,27)/t15-/m1/s1. The first-order valence-corrected chi connectivity index (χ1v) is 9.39. The topological polar surface area (TPSA) is 105 Å². The molecule has 1 atom stereocenters. The average Bonchev–Trinajstić information content (AvgIpc) is 3.31. The Morgan fingerprint density at radius 3 is 2.76 bits per heavy atom. The summed E-state index contributed by atoms with van der Waals surface area (Å²) in [5.41, 5.74) is 6.24. The number of hydrazine groups is 1. The van der Waals surface area contributed by atoms with Crippen LogP contribution in [-0.2, 0) is 4.79 Å². The Hall–Kier alpha value is -3.68. The highest BCUT2D eigenvalue weighted by Crippen LogP contribution is 2.19. The van der Waals surface area contributed by atoms with Gasteiger partial charge in [0.05, 0.1) is 23.3 Å². The van der Waals surface area contributed by atoms with E-state index in [1.165, 1.54) is 12.5 Å². The molecule has 0 unspecified atom stereocenters. The molecular formula is C21H20N4O4. The molecule has 8 heteroatoms. The van der Waals surface area contributed by atoms with E-state index in [0.29, 0.717) is 37.0 Å². The summed E-state index contributed by atoms with van der Waals surface area (Å²) in [6.45, 7) is 0.876. The molecule has 3 amide bonds. The number of piperidine rings is 1. The Bertz CT molecular complexity index is 1050. The third-order valence-corrected chi connectivity index (χ3v) is 4.98. The molecule has 3 aromatic rings. The number of benzene rings is 1. The number of likely N-dealkylation sites (tertiary alicyclic amines) is 1. The molecular weight excluding hydrogens is 372 g/mol. The minimum atomic E-state index is -0.494. The number of amides is 3. The molecule has 4 rings (SSSR count). The molecule has 0 bridgehead atoms. The molecule has 2 N–H and O–H groups in total. The summed E-state index contributed by atoms with van der Waals surface area (Å²) in [5.74, 6) is -1.39. The van der Waals surface area contributed by atoms with Gasteiger partial charge in [-0.3, -0.25) is 25.2 Å². The number of rotatable bonds is 3. The van der Waals surface area contributed by atoms with E-state index in [9.17, 15) is 14.4 Å². The zero-order chi connectivity index (χ0) is 20.2. The van der Waals surface area contributed by atoms with E-state index < -0.39 is 11.8 Å². The monoisotopic (exact) mass is 392 g/mol. The highest BCUT2D eigenvalue weighted by atomic mass is 16.3. The smallest absolute Gasteiger partial charge is 0.288 e. The normalized spacial score (nSPS) is 16.4. The predicted molar refractivity (Wildman–Crippen MR) is 105 cm³/mol. The molecule has 1 aromatic carbocycles. The van der Waals surface area contributed by atoms with E-state index >= 15 is 0 Å². The van der Waals surface area contributed by atoms with Crippen LogP contribution in [0, 0.1) is 5.92 Å². The van der Waals surface area contributed by atoms with Crippen LogP contribution in [0.1, 0.15) is 33.7 Å². The first-order valence-electron chi connectivity index (χ1n) is 9.39. The molecule has 1 aliphatic rings. The van der Waals surface area contributed by atoms with E-state index in [-0.39, 0.29) is 17.5 Å². The number of carbonyl (C=O) groups excluding carboxylic acids is 3. The van der Waals surface area contributed by atoms with Crippen molar-refractivity contribution >= 4 is 28.6 Å². The van der Waals surface area contributed by atoms with Crippen LogP contribution in [0.4, 0.5) is 0 Å². The molecule has 1 aliphatic heterocycles. The van der Waals surface area contributed by atoms with Crippen molar-refractivity contribution in [3.8, 4) is 0 Å². The maximum atomic E-state index is 12.5. The molecule has 3 heterocycles. The van der Waals surface area contributed by atoms with Crippen molar-refractivity contribution in [1.82, 2.24) is 20.7 Å². The van der Waals surface area contributed by atoms with Crippen molar-refractivity contribution in [3.63, 3.8) is 0 Å².